The highest BCUT2D eigenvalue weighted by Gasteiger charge is 2.38. The molecule has 138 valence electrons. The zero-order valence-corrected chi connectivity index (χ0v) is 13.8. The first-order valence-corrected chi connectivity index (χ1v) is 8.15. The number of nitrogens with two attached hydrogens (primary N) is 1. The fourth-order valence-electron chi connectivity index (χ4n) is 2.53. The van der Waals surface area contributed by atoms with Gasteiger partial charge in [0.05, 0.1) is 10.7 Å². The Bertz CT molecular complexity index is 884. The number of carbonyl (C=O) groups is 1. The van der Waals surface area contributed by atoms with E-state index in [-0.39, 0.29) is 22.5 Å². The number of nitrogens with zero attached hydrogens (tertiary/aromatic N) is 5. The third-order valence-corrected chi connectivity index (χ3v) is 4.64. The normalized spacial score (nSPS) is 13.7. The van der Waals surface area contributed by atoms with Crippen LogP contribution in [0.4, 0.5) is 24.5 Å². The second-order valence-electron chi connectivity index (χ2n) is 5.33. The number of halogens is 3. The lowest BCUT2D eigenvalue weighted by Crippen LogP contribution is -2.30. The van der Waals surface area contributed by atoms with Gasteiger partial charge in [0.2, 0.25) is 11.1 Å². The summed E-state index contributed by atoms with van der Waals surface area (Å²) in [7, 11) is 0. The third-order valence-electron chi connectivity index (χ3n) is 3.71. The van der Waals surface area contributed by atoms with Crippen molar-refractivity contribution in [2.24, 2.45) is 0 Å². The minimum atomic E-state index is -4.74. The molecule has 1 aromatic carbocycles. The van der Waals surface area contributed by atoms with Crippen molar-refractivity contribution in [2.75, 3.05) is 23.0 Å². The number of hydrogen-bond donors (Lipinski definition) is 1. The van der Waals surface area contributed by atoms with Crippen molar-refractivity contribution in [2.45, 2.75) is 17.8 Å². The van der Waals surface area contributed by atoms with Gasteiger partial charge in [-0.05, 0) is 18.1 Å². The first-order chi connectivity index (χ1) is 12.2. The number of carbonyl (C=O) groups excluding carboxylic acids is 1. The highest BCUT2D eigenvalue weighted by molar-refractivity contribution is 7.99. The number of rotatable bonds is 4. The van der Waals surface area contributed by atoms with Crippen LogP contribution in [0.1, 0.15) is 11.4 Å². The van der Waals surface area contributed by atoms with Gasteiger partial charge in [-0.25, -0.2) is 4.68 Å². The first-order valence-electron chi connectivity index (χ1n) is 7.16. The smallest absolute Gasteiger partial charge is 0.335 e. The van der Waals surface area contributed by atoms with Crippen molar-refractivity contribution in [3.8, 4) is 0 Å². The van der Waals surface area contributed by atoms with Gasteiger partial charge < -0.3 is 10.7 Å². The van der Waals surface area contributed by atoms with Gasteiger partial charge in [0.1, 0.15) is 0 Å². The molecule has 2 N–H and O–H groups in total. The largest absolute Gasteiger partial charge is 0.453 e. The van der Waals surface area contributed by atoms with E-state index in [0.29, 0.717) is 28.9 Å². The number of amides is 1. The maximum Gasteiger partial charge on any atom is 0.453 e. The molecule has 0 bridgehead atoms. The molecule has 2 aromatic rings. The summed E-state index contributed by atoms with van der Waals surface area (Å²) in [5.74, 6) is 3.38. The second-order valence-corrected chi connectivity index (χ2v) is 6.27. The molecular formula is C13H11F3N6O3S. The van der Waals surface area contributed by atoms with Crippen molar-refractivity contribution in [3.63, 3.8) is 0 Å². The summed E-state index contributed by atoms with van der Waals surface area (Å²) in [6.45, 7) is 0.332. The molecule has 0 spiro atoms. The summed E-state index contributed by atoms with van der Waals surface area (Å²) in [4.78, 5) is 24.1. The number of non-ortho nitro benzene ring substituents is 1. The van der Waals surface area contributed by atoms with Crippen LogP contribution in [0.3, 0.4) is 0 Å². The molecule has 1 aliphatic heterocycles. The Hall–Kier alpha value is -2.83. The molecule has 26 heavy (non-hydrogen) atoms. The summed E-state index contributed by atoms with van der Waals surface area (Å²) in [5, 5.41) is 16.9. The molecule has 0 radical (unpaired) electrons. The van der Waals surface area contributed by atoms with Crippen LogP contribution in [0.2, 0.25) is 0 Å². The summed E-state index contributed by atoms with van der Waals surface area (Å²) in [5.41, 5.74) is 1.15. The molecule has 1 aliphatic rings. The standard InChI is InChI=1S/C13H11F3N6O3S/c14-13(15,16)11-18-19-12(21(11)17)26-6-10(23)20-4-3-7-5-8(22(24)25)1-2-9(7)20/h1-2,5H,3-4,6,17H2. The average molecular weight is 388 g/mol. The van der Waals surface area contributed by atoms with Crippen molar-refractivity contribution >= 4 is 29.0 Å². The number of fused-ring (bicyclic) bond motifs is 1. The molecule has 0 aliphatic carbocycles. The number of benzene rings is 1. The van der Waals surface area contributed by atoms with Crippen LogP contribution >= 0.6 is 11.8 Å². The third kappa shape index (κ3) is 3.29. The van der Waals surface area contributed by atoms with Crippen molar-refractivity contribution < 1.29 is 22.9 Å². The van der Waals surface area contributed by atoms with E-state index in [4.69, 9.17) is 5.84 Å². The Morgan fingerprint density at radius 2 is 2.12 bits per heavy atom. The lowest BCUT2D eigenvalue weighted by atomic mass is 10.1. The van der Waals surface area contributed by atoms with E-state index in [9.17, 15) is 28.1 Å². The Labute approximate surface area is 148 Å². The van der Waals surface area contributed by atoms with Gasteiger partial charge >= 0.3 is 6.18 Å². The van der Waals surface area contributed by atoms with Crippen LogP contribution in [0.5, 0.6) is 0 Å². The van der Waals surface area contributed by atoms with Gasteiger partial charge in [0.15, 0.2) is 0 Å². The van der Waals surface area contributed by atoms with Gasteiger partial charge in [0, 0.05) is 24.4 Å². The molecule has 9 nitrogen and oxygen atoms in total. The Morgan fingerprint density at radius 3 is 2.73 bits per heavy atom. The lowest BCUT2D eigenvalue weighted by Gasteiger charge is -2.16. The van der Waals surface area contributed by atoms with Crippen LogP contribution in [0.15, 0.2) is 23.4 Å². The molecule has 2 heterocycles. The average Bonchev–Trinajstić information content (AvgIpc) is 3.15. The van der Waals surface area contributed by atoms with Gasteiger partial charge in [-0.15, -0.1) is 10.2 Å². The number of aromatic nitrogens is 3. The van der Waals surface area contributed by atoms with Crippen LogP contribution in [-0.4, -0.2) is 38.0 Å². The van der Waals surface area contributed by atoms with E-state index in [1.165, 1.54) is 23.1 Å². The van der Waals surface area contributed by atoms with E-state index in [1.54, 1.807) is 0 Å². The van der Waals surface area contributed by atoms with E-state index < -0.39 is 16.9 Å². The molecule has 0 saturated heterocycles. The zero-order chi connectivity index (χ0) is 19.1. The number of thioether (sulfide) groups is 1. The second kappa shape index (κ2) is 6.48. The topological polar surface area (TPSA) is 120 Å². The highest BCUT2D eigenvalue weighted by Crippen LogP contribution is 2.32. The van der Waals surface area contributed by atoms with E-state index in [2.05, 4.69) is 10.2 Å². The summed E-state index contributed by atoms with van der Waals surface area (Å²) in [6, 6.07) is 4.18. The van der Waals surface area contributed by atoms with Gasteiger partial charge in [0.25, 0.3) is 11.5 Å². The molecule has 0 atom stereocenters. The Morgan fingerprint density at radius 1 is 1.38 bits per heavy atom. The Kier molecular flexibility index (Phi) is 4.48. The summed E-state index contributed by atoms with van der Waals surface area (Å²) < 4.78 is 38.2. The number of anilines is 1. The molecule has 0 saturated carbocycles. The SMILES string of the molecule is Nn1c(SCC(=O)N2CCc3cc([N+](=O)[O-])ccc32)nnc1C(F)(F)F. The van der Waals surface area contributed by atoms with E-state index >= 15 is 0 Å². The van der Waals surface area contributed by atoms with E-state index in [1.807, 2.05) is 0 Å². The van der Waals surface area contributed by atoms with Gasteiger partial charge in [-0.2, -0.15) is 13.2 Å². The molecule has 0 fully saturated rings. The van der Waals surface area contributed by atoms with Crippen molar-refractivity contribution in [1.82, 2.24) is 14.9 Å². The summed E-state index contributed by atoms with van der Waals surface area (Å²) >= 11 is 0.727. The maximum atomic E-state index is 12.6. The molecule has 3 rings (SSSR count). The number of nitrogen functional groups attached to an aromatic ring is 1. The number of nitro groups is 1. The minimum Gasteiger partial charge on any atom is -0.335 e. The first kappa shape index (κ1) is 18.0. The van der Waals surface area contributed by atoms with Gasteiger partial charge in [-0.3, -0.25) is 14.9 Å². The number of alkyl halides is 3. The summed E-state index contributed by atoms with van der Waals surface area (Å²) in [6.07, 6.45) is -4.29. The van der Waals surface area contributed by atoms with Crippen LogP contribution in [-0.2, 0) is 17.4 Å². The predicted molar refractivity (Wildman–Crippen MR) is 85.1 cm³/mol. The molecule has 1 amide bonds. The molecule has 0 unspecified atom stereocenters. The van der Waals surface area contributed by atoms with E-state index in [0.717, 1.165) is 11.8 Å². The fraction of sp³-hybridized carbons (Fsp3) is 0.308. The molecular weight excluding hydrogens is 377 g/mol. The van der Waals surface area contributed by atoms with Crippen LogP contribution in [0.25, 0.3) is 0 Å². The monoisotopic (exact) mass is 388 g/mol. The fourth-order valence-corrected chi connectivity index (χ4v) is 3.27. The number of nitro benzene ring substituents is 1. The molecule has 13 heteroatoms. The maximum absolute atomic E-state index is 12.6. The minimum absolute atomic E-state index is 0.0664. The predicted octanol–water partition coefficient (Wildman–Crippen LogP) is 1.60. The lowest BCUT2D eigenvalue weighted by molar-refractivity contribution is -0.384. The van der Waals surface area contributed by atoms with Crippen LogP contribution in [0, 0.1) is 10.1 Å². The quantitative estimate of drug-likeness (QED) is 0.365. The van der Waals surface area contributed by atoms with Gasteiger partial charge in [-0.1, -0.05) is 11.8 Å². The zero-order valence-electron chi connectivity index (χ0n) is 12.9. The van der Waals surface area contributed by atoms with Crippen molar-refractivity contribution in [1.29, 1.82) is 0 Å². The Balaban J connectivity index is 1.70. The van der Waals surface area contributed by atoms with Crippen LogP contribution < -0.4 is 10.7 Å². The number of hydrogen-bond acceptors (Lipinski definition) is 7. The highest BCUT2D eigenvalue weighted by atomic mass is 32.2. The van der Waals surface area contributed by atoms with Crippen molar-refractivity contribution in [3.05, 3.63) is 39.7 Å². The molecule has 1 aromatic heterocycles.